The van der Waals surface area contributed by atoms with E-state index in [1.54, 1.807) is 6.20 Å². The number of benzene rings is 1. The Morgan fingerprint density at radius 2 is 1.94 bits per heavy atom. The van der Waals surface area contributed by atoms with Crippen molar-refractivity contribution in [2.24, 2.45) is 11.8 Å². The van der Waals surface area contributed by atoms with Crippen molar-refractivity contribution >= 4 is 54.8 Å². The van der Waals surface area contributed by atoms with Gasteiger partial charge in [0, 0.05) is 34.7 Å². The van der Waals surface area contributed by atoms with E-state index in [0.717, 1.165) is 37.3 Å². The van der Waals surface area contributed by atoms with E-state index in [9.17, 15) is 18.0 Å². The van der Waals surface area contributed by atoms with Crippen molar-refractivity contribution in [1.29, 1.82) is 0 Å². The van der Waals surface area contributed by atoms with Gasteiger partial charge in [-0.25, -0.2) is 8.42 Å². The molecule has 0 bridgehead atoms. The average molecular weight is 530 g/mol. The number of fused-ring (bicyclic) bond motifs is 2. The number of piperidine rings is 1. The number of hydrogen-bond donors (Lipinski definition) is 1. The molecule has 2 amide bonds. The molecule has 3 unspecified atom stereocenters. The van der Waals surface area contributed by atoms with Crippen molar-refractivity contribution in [3.05, 3.63) is 51.5 Å². The molecule has 10 heteroatoms. The quantitative estimate of drug-likeness (QED) is 0.509. The van der Waals surface area contributed by atoms with E-state index in [1.165, 1.54) is 16.2 Å². The lowest BCUT2D eigenvalue weighted by atomic mass is 9.93. The fourth-order valence-electron chi connectivity index (χ4n) is 5.32. The van der Waals surface area contributed by atoms with Crippen LogP contribution < -0.4 is 5.32 Å². The van der Waals surface area contributed by atoms with Gasteiger partial charge in [-0.2, -0.15) is 0 Å². The van der Waals surface area contributed by atoms with Crippen LogP contribution in [0, 0.1) is 18.8 Å². The molecule has 2 aromatic heterocycles. The number of rotatable bonds is 5. The summed E-state index contributed by atoms with van der Waals surface area (Å²) in [4.78, 5) is 31.7. The van der Waals surface area contributed by atoms with E-state index in [1.807, 2.05) is 31.2 Å². The Hall–Kier alpha value is -2.33. The summed E-state index contributed by atoms with van der Waals surface area (Å²) in [5.74, 6) is -0.231. The highest BCUT2D eigenvalue weighted by Gasteiger charge is 2.58. The molecule has 1 aromatic carbocycles. The van der Waals surface area contributed by atoms with E-state index in [4.69, 9.17) is 11.6 Å². The van der Waals surface area contributed by atoms with E-state index >= 15 is 0 Å². The molecule has 182 valence electrons. The van der Waals surface area contributed by atoms with Crippen LogP contribution in [0.1, 0.15) is 22.4 Å². The number of aromatic nitrogens is 1. The molecule has 35 heavy (non-hydrogen) atoms. The smallest absolute Gasteiger partial charge is 0.233 e. The zero-order chi connectivity index (χ0) is 24.5. The topological polar surface area (TPSA) is 96.4 Å². The number of thiophene rings is 1. The second-order valence-corrected chi connectivity index (χ2v) is 13.6. The Balaban J connectivity index is 1.40. The van der Waals surface area contributed by atoms with Gasteiger partial charge in [0.25, 0.3) is 0 Å². The summed E-state index contributed by atoms with van der Waals surface area (Å²) in [6.07, 6.45) is 2.82. The number of carbonyl (C=O) groups excluding carboxylic acids is 2. The highest BCUT2D eigenvalue weighted by atomic mass is 35.5. The lowest BCUT2D eigenvalue weighted by Crippen LogP contribution is -2.45. The first-order chi connectivity index (χ1) is 16.7. The molecule has 2 saturated heterocycles. The van der Waals surface area contributed by atoms with Crippen LogP contribution in [-0.2, 0) is 32.4 Å². The normalized spacial score (nSPS) is 25.3. The highest BCUT2D eigenvalue weighted by Crippen LogP contribution is 2.48. The number of imide groups is 1. The van der Waals surface area contributed by atoms with Crippen molar-refractivity contribution in [3.63, 3.8) is 0 Å². The lowest BCUT2D eigenvalue weighted by molar-refractivity contribution is -0.141. The van der Waals surface area contributed by atoms with Gasteiger partial charge >= 0.3 is 0 Å². The van der Waals surface area contributed by atoms with Crippen LogP contribution in [0.4, 0.5) is 0 Å². The van der Waals surface area contributed by atoms with E-state index in [-0.39, 0.29) is 35.9 Å². The van der Waals surface area contributed by atoms with E-state index < -0.39 is 15.1 Å². The highest BCUT2D eigenvalue weighted by molar-refractivity contribution is 7.92. The molecule has 6 rings (SSSR count). The molecule has 3 atom stereocenters. The maximum absolute atomic E-state index is 12.7. The number of pyridine rings is 1. The van der Waals surface area contributed by atoms with Crippen molar-refractivity contribution < 1.29 is 18.0 Å². The Bertz CT molecular complexity index is 1480. The third kappa shape index (κ3) is 3.98. The van der Waals surface area contributed by atoms with Gasteiger partial charge in [0.2, 0.25) is 11.8 Å². The van der Waals surface area contributed by atoms with Crippen LogP contribution in [-0.4, -0.2) is 54.2 Å². The van der Waals surface area contributed by atoms with Crippen LogP contribution in [0.3, 0.4) is 0 Å². The van der Waals surface area contributed by atoms with Crippen LogP contribution in [0.2, 0.25) is 5.02 Å². The number of nitrogens with one attached hydrogen (secondary N) is 1. The average Bonchev–Trinajstić information content (AvgIpc) is 3.44. The van der Waals surface area contributed by atoms with Crippen molar-refractivity contribution in [2.45, 2.75) is 31.6 Å². The van der Waals surface area contributed by atoms with E-state index in [0.29, 0.717) is 31.0 Å². The fraction of sp³-hybridized carbons (Fsp3) is 0.400. The second-order valence-electron chi connectivity index (χ2n) is 9.64. The molecule has 1 N–H and O–H groups in total. The zero-order valence-electron chi connectivity index (χ0n) is 19.1. The Labute approximate surface area is 212 Å². The third-order valence-electron chi connectivity index (χ3n) is 7.34. The molecule has 3 fully saturated rings. The fourth-order valence-corrected chi connectivity index (χ4v) is 8.28. The maximum atomic E-state index is 12.7. The first kappa shape index (κ1) is 23.1. The van der Waals surface area contributed by atoms with Crippen LogP contribution in [0.25, 0.3) is 21.3 Å². The van der Waals surface area contributed by atoms with Crippen molar-refractivity contribution in [2.75, 3.05) is 18.8 Å². The van der Waals surface area contributed by atoms with Gasteiger partial charge in [0.1, 0.15) is 0 Å². The summed E-state index contributed by atoms with van der Waals surface area (Å²) in [6.45, 7) is 3.14. The molecule has 3 aromatic rings. The van der Waals surface area contributed by atoms with Gasteiger partial charge in [-0.1, -0.05) is 11.6 Å². The van der Waals surface area contributed by atoms with Gasteiger partial charge in [-0.3, -0.25) is 19.5 Å². The standard InChI is InChI=1S/C25H24ClN3O4S2/c1-13-6-14(26)7-19(18(13)9-16-11-27-4-5-35(16,32)33)17-2-3-28-22-8-15(34-23(17)22)12-29-24(30)20-10-21(20)25(29)31/h2-3,6-8,16,20-21,27H,4-5,9-12H2,1H3. The zero-order valence-corrected chi connectivity index (χ0v) is 21.5. The number of hydrogen-bond acceptors (Lipinski definition) is 7. The van der Waals surface area contributed by atoms with Crippen LogP contribution in [0.5, 0.6) is 0 Å². The molecule has 0 spiro atoms. The van der Waals surface area contributed by atoms with Gasteiger partial charge in [-0.15, -0.1) is 11.3 Å². The molecule has 7 nitrogen and oxygen atoms in total. The number of carbonyl (C=O) groups is 2. The third-order valence-corrected chi connectivity index (χ3v) is 10.8. The molecule has 1 aliphatic carbocycles. The van der Waals surface area contributed by atoms with Gasteiger partial charge in [0.05, 0.1) is 39.6 Å². The summed E-state index contributed by atoms with van der Waals surface area (Å²) < 4.78 is 26.4. The summed E-state index contributed by atoms with van der Waals surface area (Å²) in [6, 6.07) is 7.62. The van der Waals surface area contributed by atoms with Crippen molar-refractivity contribution in [3.8, 4) is 11.1 Å². The maximum Gasteiger partial charge on any atom is 0.233 e. The number of sulfone groups is 1. The van der Waals surface area contributed by atoms with Gasteiger partial charge in [-0.05, 0) is 60.7 Å². The Morgan fingerprint density at radius 3 is 2.69 bits per heavy atom. The first-order valence-corrected chi connectivity index (χ1v) is 14.6. The largest absolute Gasteiger partial charge is 0.314 e. The molecule has 2 aliphatic heterocycles. The number of likely N-dealkylation sites (tertiary alicyclic amines) is 1. The molecule has 4 heterocycles. The molecular formula is C25H24ClN3O4S2. The molecule has 3 aliphatic rings. The van der Waals surface area contributed by atoms with Crippen LogP contribution >= 0.6 is 22.9 Å². The molecular weight excluding hydrogens is 506 g/mol. The summed E-state index contributed by atoms with van der Waals surface area (Å²) >= 11 is 7.98. The molecule has 1 saturated carbocycles. The number of amides is 2. The predicted octanol–water partition coefficient (Wildman–Crippen LogP) is 3.36. The number of aryl methyl sites for hydroxylation is 1. The van der Waals surface area contributed by atoms with Gasteiger partial charge in [0.15, 0.2) is 9.84 Å². The minimum absolute atomic E-state index is 0.0688. The second kappa shape index (κ2) is 8.37. The number of halogens is 1. The monoisotopic (exact) mass is 529 g/mol. The summed E-state index contributed by atoms with van der Waals surface area (Å²) in [7, 11) is -3.19. The number of nitrogens with zero attached hydrogens (tertiary/aromatic N) is 2. The minimum Gasteiger partial charge on any atom is -0.314 e. The minimum atomic E-state index is -3.19. The molecule has 0 radical (unpaired) electrons. The Morgan fingerprint density at radius 1 is 1.17 bits per heavy atom. The van der Waals surface area contributed by atoms with Crippen LogP contribution in [0.15, 0.2) is 30.5 Å². The van der Waals surface area contributed by atoms with Gasteiger partial charge < -0.3 is 5.32 Å². The summed E-state index contributed by atoms with van der Waals surface area (Å²) in [5, 5.41) is 3.30. The first-order valence-electron chi connectivity index (χ1n) is 11.7. The SMILES string of the molecule is Cc1cc(Cl)cc(-c2ccnc3cc(CN4C(=O)C5CC5C4=O)sc23)c1CC1CNCCS1(=O)=O. The predicted molar refractivity (Wildman–Crippen MR) is 136 cm³/mol. The lowest BCUT2D eigenvalue weighted by Gasteiger charge is -2.25. The Kier molecular flexibility index (Phi) is 5.52. The van der Waals surface area contributed by atoms with E-state index in [2.05, 4.69) is 10.3 Å². The summed E-state index contributed by atoms with van der Waals surface area (Å²) in [5.41, 5.74) is 4.50. The van der Waals surface area contributed by atoms with Crippen molar-refractivity contribution in [1.82, 2.24) is 15.2 Å².